The number of likely N-dealkylation sites (tertiary alicyclic amines) is 1. The molecule has 1 N–H and O–H groups in total. The zero-order chi connectivity index (χ0) is 19.2. The van der Waals surface area contributed by atoms with Crippen molar-refractivity contribution in [1.82, 2.24) is 4.90 Å². The van der Waals surface area contributed by atoms with Gasteiger partial charge in [0.25, 0.3) is 5.91 Å². The van der Waals surface area contributed by atoms with Gasteiger partial charge in [0.15, 0.2) is 5.76 Å². The second kappa shape index (κ2) is 6.55. The Morgan fingerprint density at radius 2 is 1.93 bits per heavy atom. The summed E-state index contributed by atoms with van der Waals surface area (Å²) in [6, 6.07) is 11.8. The molecule has 5 heteroatoms. The fraction of sp³-hybridized carbons (Fsp3) is 0.455. The van der Waals surface area contributed by atoms with Crippen LogP contribution in [0, 0.1) is 11.3 Å². The van der Waals surface area contributed by atoms with Crippen LogP contribution in [0.15, 0.2) is 40.8 Å². The molecule has 142 valence electrons. The Hall–Kier alpha value is -2.56. The Morgan fingerprint density at radius 1 is 1.19 bits per heavy atom. The van der Waals surface area contributed by atoms with E-state index >= 15 is 0 Å². The SMILES string of the molecule is CC(C)c1cccc(-c2ccc(C(=O)N3CCC4(CC3)CC4C(=O)O)o2)c1. The molecule has 27 heavy (non-hydrogen) atoms. The molecule has 0 bridgehead atoms. The second-order valence-electron chi connectivity index (χ2n) is 8.19. The predicted octanol–water partition coefficient (Wildman–Crippen LogP) is 4.40. The highest BCUT2D eigenvalue weighted by Gasteiger charge is 2.59. The highest BCUT2D eigenvalue weighted by atomic mass is 16.4. The van der Waals surface area contributed by atoms with Crippen molar-refractivity contribution in [2.45, 2.75) is 39.0 Å². The van der Waals surface area contributed by atoms with Crippen LogP contribution >= 0.6 is 0 Å². The topological polar surface area (TPSA) is 70.8 Å². The molecule has 1 aliphatic carbocycles. The summed E-state index contributed by atoms with van der Waals surface area (Å²) in [6.45, 7) is 5.49. The van der Waals surface area contributed by atoms with Gasteiger partial charge in [0.1, 0.15) is 5.76 Å². The Balaban J connectivity index is 1.44. The molecular weight excluding hydrogens is 342 g/mol. The molecule has 1 aromatic carbocycles. The summed E-state index contributed by atoms with van der Waals surface area (Å²) in [6.07, 6.45) is 2.28. The number of aliphatic carboxylic acids is 1. The van der Waals surface area contributed by atoms with Gasteiger partial charge >= 0.3 is 5.97 Å². The van der Waals surface area contributed by atoms with Crippen LogP contribution in [-0.2, 0) is 4.79 Å². The van der Waals surface area contributed by atoms with Crippen LogP contribution in [0.3, 0.4) is 0 Å². The maximum Gasteiger partial charge on any atom is 0.307 e. The molecule has 2 heterocycles. The number of carbonyl (C=O) groups excluding carboxylic acids is 1. The lowest BCUT2D eigenvalue weighted by Gasteiger charge is -2.32. The van der Waals surface area contributed by atoms with E-state index < -0.39 is 5.97 Å². The number of nitrogens with zero attached hydrogens (tertiary/aromatic N) is 1. The molecule has 1 amide bonds. The molecule has 4 rings (SSSR count). The summed E-state index contributed by atoms with van der Waals surface area (Å²) in [5, 5.41) is 9.19. The van der Waals surface area contributed by atoms with Crippen LogP contribution < -0.4 is 0 Å². The number of piperidine rings is 1. The van der Waals surface area contributed by atoms with Gasteiger partial charge in [-0.3, -0.25) is 9.59 Å². The quantitative estimate of drug-likeness (QED) is 0.870. The van der Waals surface area contributed by atoms with E-state index in [0.717, 1.165) is 24.8 Å². The molecular formula is C22H25NO4. The number of hydrogen-bond donors (Lipinski definition) is 1. The molecule has 1 spiro atoms. The number of carboxylic acids is 1. The predicted molar refractivity (Wildman–Crippen MR) is 102 cm³/mol. The zero-order valence-electron chi connectivity index (χ0n) is 15.8. The number of furan rings is 1. The van der Waals surface area contributed by atoms with Gasteiger partial charge in [0, 0.05) is 18.7 Å². The summed E-state index contributed by atoms with van der Waals surface area (Å²) >= 11 is 0. The van der Waals surface area contributed by atoms with Gasteiger partial charge in [-0.1, -0.05) is 32.0 Å². The van der Waals surface area contributed by atoms with Crippen LogP contribution in [0.25, 0.3) is 11.3 Å². The number of benzene rings is 1. The Bertz CT molecular complexity index is 874. The maximum atomic E-state index is 12.8. The van der Waals surface area contributed by atoms with E-state index in [4.69, 9.17) is 4.42 Å². The van der Waals surface area contributed by atoms with Gasteiger partial charge in [0.05, 0.1) is 5.92 Å². The number of carboxylic acid groups (broad SMARTS) is 1. The van der Waals surface area contributed by atoms with Gasteiger partial charge in [-0.05, 0) is 54.4 Å². The first-order valence-electron chi connectivity index (χ1n) is 9.62. The third kappa shape index (κ3) is 3.27. The van der Waals surface area contributed by atoms with Crippen molar-refractivity contribution < 1.29 is 19.1 Å². The van der Waals surface area contributed by atoms with Crippen molar-refractivity contribution in [2.24, 2.45) is 11.3 Å². The Kier molecular flexibility index (Phi) is 4.33. The monoisotopic (exact) mass is 367 g/mol. The van der Waals surface area contributed by atoms with Gasteiger partial charge in [-0.2, -0.15) is 0 Å². The van der Waals surface area contributed by atoms with Crippen LogP contribution in [0.1, 0.15) is 55.1 Å². The molecule has 2 aromatic rings. The Labute approximate surface area is 159 Å². The molecule has 1 saturated heterocycles. The lowest BCUT2D eigenvalue weighted by molar-refractivity contribution is -0.139. The average molecular weight is 367 g/mol. The smallest absolute Gasteiger partial charge is 0.307 e. The summed E-state index contributed by atoms with van der Waals surface area (Å²) in [5.41, 5.74) is 2.13. The minimum absolute atomic E-state index is 0.0752. The lowest BCUT2D eigenvalue weighted by Crippen LogP contribution is -2.39. The van der Waals surface area contributed by atoms with E-state index in [0.29, 0.717) is 30.5 Å². The third-order valence-corrected chi connectivity index (χ3v) is 6.19. The number of amides is 1. The van der Waals surface area contributed by atoms with E-state index in [-0.39, 0.29) is 17.2 Å². The number of rotatable bonds is 4. The molecule has 1 aliphatic heterocycles. The standard InChI is InChI=1S/C22H25NO4/c1-14(2)15-4-3-5-16(12-15)18-6-7-19(27-18)20(24)23-10-8-22(9-11-23)13-17(22)21(25)26/h3-7,12,14,17H,8-11,13H2,1-2H3,(H,25,26). The molecule has 1 saturated carbocycles. The summed E-state index contributed by atoms with van der Waals surface area (Å²) in [4.78, 5) is 25.7. The maximum absolute atomic E-state index is 12.8. The van der Waals surface area contributed by atoms with Crippen molar-refractivity contribution in [1.29, 1.82) is 0 Å². The first kappa shape index (κ1) is 17.8. The van der Waals surface area contributed by atoms with Gasteiger partial charge in [-0.25, -0.2) is 0 Å². The largest absolute Gasteiger partial charge is 0.481 e. The molecule has 0 radical (unpaired) electrons. The van der Waals surface area contributed by atoms with Crippen molar-refractivity contribution in [3.05, 3.63) is 47.7 Å². The fourth-order valence-corrected chi connectivity index (χ4v) is 4.22. The van der Waals surface area contributed by atoms with Crippen molar-refractivity contribution in [3.8, 4) is 11.3 Å². The summed E-state index contributed by atoms with van der Waals surface area (Å²) in [5.74, 6) is 0.443. The molecule has 2 aliphatic rings. The van der Waals surface area contributed by atoms with Crippen molar-refractivity contribution in [3.63, 3.8) is 0 Å². The first-order chi connectivity index (χ1) is 12.9. The van der Waals surface area contributed by atoms with Crippen molar-refractivity contribution >= 4 is 11.9 Å². The zero-order valence-corrected chi connectivity index (χ0v) is 15.8. The van der Waals surface area contributed by atoms with E-state index in [1.807, 2.05) is 18.2 Å². The summed E-state index contributed by atoms with van der Waals surface area (Å²) in [7, 11) is 0. The molecule has 1 aromatic heterocycles. The van der Waals surface area contributed by atoms with Gasteiger partial charge in [-0.15, -0.1) is 0 Å². The van der Waals surface area contributed by atoms with E-state index in [1.54, 1.807) is 11.0 Å². The number of carbonyl (C=O) groups is 2. The van der Waals surface area contributed by atoms with E-state index in [2.05, 4.69) is 26.0 Å². The first-order valence-corrected chi connectivity index (χ1v) is 9.62. The normalized spacial score (nSPS) is 20.9. The van der Waals surface area contributed by atoms with E-state index in [1.165, 1.54) is 5.56 Å². The molecule has 2 fully saturated rings. The minimum Gasteiger partial charge on any atom is -0.481 e. The van der Waals surface area contributed by atoms with Crippen LogP contribution in [-0.4, -0.2) is 35.0 Å². The average Bonchev–Trinajstić information content (AvgIpc) is 3.14. The lowest BCUT2D eigenvalue weighted by atomic mass is 9.90. The fourth-order valence-electron chi connectivity index (χ4n) is 4.22. The van der Waals surface area contributed by atoms with Gasteiger partial charge in [0.2, 0.25) is 0 Å². The minimum atomic E-state index is -0.700. The van der Waals surface area contributed by atoms with Crippen molar-refractivity contribution in [2.75, 3.05) is 13.1 Å². The van der Waals surface area contributed by atoms with Crippen LogP contribution in [0.5, 0.6) is 0 Å². The molecule has 1 unspecified atom stereocenters. The highest BCUT2D eigenvalue weighted by Crippen LogP contribution is 2.59. The highest BCUT2D eigenvalue weighted by molar-refractivity contribution is 5.92. The van der Waals surface area contributed by atoms with Gasteiger partial charge < -0.3 is 14.4 Å². The van der Waals surface area contributed by atoms with E-state index in [9.17, 15) is 14.7 Å². The van der Waals surface area contributed by atoms with Crippen LogP contribution in [0.2, 0.25) is 0 Å². The molecule has 5 nitrogen and oxygen atoms in total. The number of hydrogen-bond acceptors (Lipinski definition) is 3. The molecule has 1 atom stereocenters. The third-order valence-electron chi connectivity index (χ3n) is 6.19. The van der Waals surface area contributed by atoms with Crippen LogP contribution in [0.4, 0.5) is 0 Å². The summed E-state index contributed by atoms with van der Waals surface area (Å²) < 4.78 is 5.86. The Morgan fingerprint density at radius 3 is 2.56 bits per heavy atom. The second-order valence-corrected chi connectivity index (χ2v) is 8.19.